The Balaban J connectivity index is 1.31. The number of para-hydroxylation sites is 1. The molecule has 172 valence electrons. The summed E-state index contributed by atoms with van der Waals surface area (Å²) < 4.78 is 2.07. The van der Waals surface area contributed by atoms with E-state index in [0.717, 1.165) is 62.6 Å². The van der Waals surface area contributed by atoms with Crippen molar-refractivity contribution in [3.8, 4) is 0 Å². The Morgan fingerprint density at radius 2 is 1.82 bits per heavy atom. The lowest BCUT2D eigenvalue weighted by Gasteiger charge is -2.42. The van der Waals surface area contributed by atoms with Gasteiger partial charge in [0.1, 0.15) is 12.2 Å². The van der Waals surface area contributed by atoms with E-state index in [9.17, 15) is 4.79 Å². The summed E-state index contributed by atoms with van der Waals surface area (Å²) in [5, 5.41) is 11.8. The highest BCUT2D eigenvalue weighted by Gasteiger charge is 2.50. The van der Waals surface area contributed by atoms with Crippen molar-refractivity contribution < 1.29 is 4.79 Å². The molecule has 2 fully saturated rings. The van der Waals surface area contributed by atoms with Crippen LogP contribution in [0.3, 0.4) is 0 Å². The first kappa shape index (κ1) is 21.6. The fourth-order valence-electron chi connectivity index (χ4n) is 5.57. The standard InChI is InChI=1S/C26H32N6O/c1-20-8-6-7-11-23(20)28-25(33)32-14-12-26(13-15-32)18-31(16-21-9-4-3-5-10-21)17-22(26)24-29-27-19-30(24)2/h3-11,19,22H,12-18H2,1-2H3,(H,28,33). The molecule has 3 aromatic rings. The number of aromatic nitrogens is 3. The van der Waals surface area contributed by atoms with E-state index in [1.807, 2.05) is 43.1 Å². The fraction of sp³-hybridized carbons (Fsp3) is 0.423. The number of carbonyl (C=O) groups is 1. The van der Waals surface area contributed by atoms with Crippen molar-refractivity contribution in [3.05, 3.63) is 77.9 Å². The molecule has 3 heterocycles. The molecule has 2 amide bonds. The van der Waals surface area contributed by atoms with Crippen LogP contribution in [0.2, 0.25) is 0 Å². The molecule has 1 unspecified atom stereocenters. The molecule has 2 aliphatic heterocycles. The minimum Gasteiger partial charge on any atom is -0.324 e. The Labute approximate surface area is 195 Å². The van der Waals surface area contributed by atoms with Gasteiger partial charge in [-0.05, 0) is 42.4 Å². The number of amides is 2. The third-order valence-electron chi connectivity index (χ3n) is 7.46. The molecule has 1 N–H and O–H groups in total. The van der Waals surface area contributed by atoms with Crippen molar-refractivity contribution in [2.24, 2.45) is 12.5 Å². The first-order valence-electron chi connectivity index (χ1n) is 11.8. The molecular weight excluding hydrogens is 412 g/mol. The number of rotatable bonds is 4. The number of carbonyl (C=O) groups excluding carboxylic acids is 1. The average Bonchev–Trinajstić information content (AvgIpc) is 3.39. The number of urea groups is 1. The highest BCUT2D eigenvalue weighted by molar-refractivity contribution is 5.90. The maximum Gasteiger partial charge on any atom is 0.321 e. The topological polar surface area (TPSA) is 66.3 Å². The number of benzene rings is 2. The average molecular weight is 445 g/mol. The van der Waals surface area contributed by atoms with Crippen LogP contribution in [0, 0.1) is 12.3 Å². The van der Waals surface area contributed by atoms with Crippen molar-refractivity contribution in [2.45, 2.75) is 32.2 Å². The molecule has 0 aliphatic carbocycles. The largest absolute Gasteiger partial charge is 0.324 e. The van der Waals surface area contributed by atoms with Crippen LogP contribution in [0.15, 0.2) is 60.9 Å². The summed E-state index contributed by atoms with van der Waals surface area (Å²) in [6.07, 6.45) is 3.74. The van der Waals surface area contributed by atoms with Gasteiger partial charge in [-0.25, -0.2) is 4.79 Å². The summed E-state index contributed by atoms with van der Waals surface area (Å²) in [6.45, 7) is 6.46. The number of anilines is 1. The third kappa shape index (κ3) is 4.37. The molecular formula is C26H32N6O. The Kier molecular flexibility index (Phi) is 5.89. The number of likely N-dealkylation sites (tertiary alicyclic amines) is 2. The summed E-state index contributed by atoms with van der Waals surface area (Å²) in [7, 11) is 2.04. The lowest BCUT2D eigenvalue weighted by Crippen LogP contribution is -2.47. The van der Waals surface area contributed by atoms with Gasteiger partial charge in [-0.3, -0.25) is 4.90 Å². The van der Waals surface area contributed by atoms with Crippen molar-refractivity contribution >= 4 is 11.7 Å². The summed E-state index contributed by atoms with van der Waals surface area (Å²) in [5.41, 5.74) is 3.40. The van der Waals surface area contributed by atoms with Gasteiger partial charge in [-0.1, -0.05) is 48.5 Å². The van der Waals surface area contributed by atoms with Gasteiger partial charge in [-0.2, -0.15) is 0 Å². The van der Waals surface area contributed by atoms with Crippen molar-refractivity contribution in [3.63, 3.8) is 0 Å². The van der Waals surface area contributed by atoms with Crippen LogP contribution in [0.25, 0.3) is 0 Å². The zero-order valence-corrected chi connectivity index (χ0v) is 19.4. The summed E-state index contributed by atoms with van der Waals surface area (Å²) in [6, 6.07) is 18.6. The van der Waals surface area contributed by atoms with Gasteiger partial charge in [0.25, 0.3) is 0 Å². The Hall–Kier alpha value is -3.19. The molecule has 1 aromatic heterocycles. The lowest BCUT2D eigenvalue weighted by molar-refractivity contribution is 0.111. The molecule has 0 saturated carbocycles. The molecule has 0 bridgehead atoms. The number of aryl methyl sites for hydroxylation is 2. The van der Waals surface area contributed by atoms with Crippen molar-refractivity contribution in [2.75, 3.05) is 31.5 Å². The van der Waals surface area contributed by atoms with Crippen molar-refractivity contribution in [1.29, 1.82) is 0 Å². The number of nitrogens with one attached hydrogen (secondary N) is 1. The van der Waals surface area contributed by atoms with E-state index in [2.05, 4.69) is 55.3 Å². The Morgan fingerprint density at radius 1 is 1.09 bits per heavy atom. The molecule has 2 aromatic carbocycles. The first-order valence-corrected chi connectivity index (χ1v) is 11.8. The second-order valence-corrected chi connectivity index (χ2v) is 9.60. The second kappa shape index (κ2) is 8.98. The van der Waals surface area contributed by atoms with Crippen LogP contribution in [0.5, 0.6) is 0 Å². The number of piperidine rings is 1. The van der Waals surface area contributed by atoms with E-state index in [4.69, 9.17) is 0 Å². The summed E-state index contributed by atoms with van der Waals surface area (Å²) >= 11 is 0. The lowest BCUT2D eigenvalue weighted by atomic mass is 9.70. The zero-order chi connectivity index (χ0) is 22.8. The van der Waals surface area contributed by atoms with Gasteiger partial charge in [-0.15, -0.1) is 10.2 Å². The normalized spacial score (nSPS) is 20.3. The number of hydrogen-bond acceptors (Lipinski definition) is 4. The zero-order valence-electron chi connectivity index (χ0n) is 19.4. The van der Waals surface area contributed by atoms with Gasteiger partial charge < -0.3 is 14.8 Å². The number of hydrogen-bond donors (Lipinski definition) is 1. The van der Waals surface area contributed by atoms with Gasteiger partial charge >= 0.3 is 6.03 Å². The van der Waals surface area contributed by atoms with E-state index < -0.39 is 0 Å². The monoisotopic (exact) mass is 444 g/mol. The molecule has 1 atom stereocenters. The smallest absolute Gasteiger partial charge is 0.321 e. The van der Waals surface area contributed by atoms with E-state index in [1.165, 1.54) is 5.56 Å². The predicted molar refractivity (Wildman–Crippen MR) is 129 cm³/mol. The maximum atomic E-state index is 13.0. The van der Waals surface area contributed by atoms with Crippen LogP contribution in [0.4, 0.5) is 10.5 Å². The highest BCUT2D eigenvalue weighted by Crippen LogP contribution is 2.49. The fourth-order valence-corrected chi connectivity index (χ4v) is 5.57. The van der Waals surface area contributed by atoms with Crippen LogP contribution < -0.4 is 5.32 Å². The minimum absolute atomic E-state index is 0.00602. The molecule has 0 radical (unpaired) electrons. The van der Waals surface area contributed by atoms with Crippen LogP contribution in [-0.4, -0.2) is 56.8 Å². The van der Waals surface area contributed by atoms with E-state index in [-0.39, 0.29) is 11.4 Å². The Bertz CT molecular complexity index is 1100. The molecule has 7 heteroatoms. The summed E-state index contributed by atoms with van der Waals surface area (Å²) in [4.78, 5) is 17.5. The van der Waals surface area contributed by atoms with Gasteiger partial charge in [0, 0.05) is 51.4 Å². The maximum absolute atomic E-state index is 13.0. The van der Waals surface area contributed by atoms with Gasteiger partial charge in [0.15, 0.2) is 0 Å². The van der Waals surface area contributed by atoms with E-state index in [0.29, 0.717) is 5.92 Å². The predicted octanol–water partition coefficient (Wildman–Crippen LogP) is 4.04. The van der Waals surface area contributed by atoms with Crippen LogP contribution in [-0.2, 0) is 13.6 Å². The van der Waals surface area contributed by atoms with Crippen LogP contribution in [0.1, 0.15) is 35.7 Å². The second-order valence-electron chi connectivity index (χ2n) is 9.60. The van der Waals surface area contributed by atoms with Gasteiger partial charge in [0.2, 0.25) is 0 Å². The highest BCUT2D eigenvalue weighted by atomic mass is 16.2. The number of nitrogens with zero attached hydrogens (tertiary/aromatic N) is 5. The molecule has 5 rings (SSSR count). The molecule has 33 heavy (non-hydrogen) atoms. The SMILES string of the molecule is Cc1ccccc1NC(=O)N1CCC2(CC1)CN(Cc1ccccc1)CC2c1nncn1C. The summed E-state index contributed by atoms with van der Waals surface area (Å²) in [5.74, 6) is 1.37. The van der Waals surface area contributed by atoms with E-state index >= 15 is 0 Å². The van der Waals surface area contributed by atoms with Crippen LogP contribution >= 0.6 is 0 Å². The van der Waals surface area contributed by atoms with Crippen molar-refractivity contribution in [1.82, 2.24) is 24.6 Å². The quantitative estimate of drug-likeness (QED) is 0.660. The van der Waals surface area contributed by atoms with Gasteiger partial charge in [0.05, 0.1) is 0 Å². The first-order chi connectivity index (χ1) is 16.0. The molecule has 2 saturated heterocycles. The third-order valence-corrected chi connectivity index (χ3v) is 7.46. The Morgan fingerprint density at radius 3 is 2.52 bits per heavy atom. The molecule has 7 nitrogen and oxygen atoms in total. The van der Waals surface area contributed by atoms with E-state index in [1.54, 1.807) is 6.33 Å². The molecule has 1 spiro atoms. The molecule has 2 aliphatic rings. The minimum atomic E-state index is -0.00602.